The van der Waals surface area contributed by atoms with Gasteiger partial charge >= 0.3 is 0 Å². The van der Waals surface area contributed by atoms with Gasteiger partial charge in [0, 0.05) is 26.7 Å². The van der Waals surface area contributed by atoms with E-state index in [1.54, 1.807) is 0 Å². The van der Waals surface area contributed by atoms with E-state index in [2.05, 4.69) is 113 Å². The van der Waals surface area contributed by atoms with E-state index in [-0.39, 0.29) is 10.8 Å². The highest BCUT2D eigenvalue weighted by Gasteiger charge is 2.32. The summed E-state index contributed by atoms with van der Waals surface area (Å²) in [6, 6.07) is 19.4. The topological polar surface area (TPSA) is 24.7 Å². The van der Waals surface area contributed by atoms with Crippen LogP contribution < -0.4 is 0 Å². The third kappa shape index (κ3) is 6.10. The standard InChI is InChI=1S/C32H38N2S2/c1-31(2,3)32(4,5)22-35-25-17-13-14-23(20-25)21-34-28(24-15-9-7-10-16-24)30-29(33-6)26-18-11-8-12-19-27(26)36-30/h7,9-11,13-18,20H,6,8,12,19,21-22H2,1-5H3. The number of allylic oxidation sites excluding steroid dienone is 1. The summed E-state index contributed by atoms with van der Waals surface area (Å²) >= 11 is 3.78. The molecule has 0 saturated heterocycles. The van der Waals surface area contributed by atoms with Gasteiger partial charge in [0.2, 0.25) is 0 Å². The molecule has 1 aliphatic rings. The van der Waals surface area contributed by atoms with Crippen LogP contribution in [0.5, 0.6) is 0 Å². The average Bonchev–Trinajstić information content (AvgIpc) is 3.03. The lowest BCUT2D eigenvalue weighted by Gasteiger charge is -2.38. The van der Waals surface area contributed by atoms with Gasteiger partial charge in [0.1, 0.15) is 0 Å². The van der Waals surface area contributed by atoms with Crippen LogP contribution in [0.15, 0.2) is 75.6 Å². The molecule has 0 fully saturated rings. The maximum absolute atomic E-state index is 5.21. The summed E-state index contributed by atoms with van der Waals surface area (Å²) in [5.41, 5.74) is 6.07. The van der Waals surface area contributed by atoms with Gasteiger partial charge in [0.15, 0.2) is 0 Å². The number of benzene rings is 2. The van der Waals surface area contributed by atoms with Gasteiger partial charge in [0.25, 0.3) is 0 Å². The Balaban J connectivity index is 1.65. The van der Waals surface area contributed by atoms with Gasteiger partial charge in [0.05, 0.1) is 22.8 Å². The molecule has 3 aromatic rings. The van der Waals surface area contributed by atoms with Gasteiger partial charge in [-0.1, -0.05) is 89.2 Å². The molecule has 0 saturated carbocycles. The second-order valence-electron chi connectivity index (χ2n) is 11.2. The van der Waals surface area contributed by atoms with Gasteiger partial charge in [-0.15, -0.1) is 23.1 Å². The molecular weight excluding hydrogens is 477 g/mol. The van der Waals surface area contributed by atoms with Crippen molar-refractivity contribution in [2.75, 3.05) is 5.75 Å². The van der Waals surface area contributed by atoms with Gasteiger partial charge in [-0.05, 0) is 54.5 Å². The third-order valence-corrected chi connectivity index (χ3v) is 10.1. The molecule has 2 nitrogen and oxygen atoms in total. The molecule has 0 aliphatic heterocycles. The van der Waals surface area contributed by atoms with E-state index in [1.165, 1.54) is 27.3 Å². The van der Waals surface area contributed by atoms with Crippen LogP contribution in [0.4, 0.5) is 5.69 Å². The van der Waals surface area contributed by atoms with Crippen LogP contribution in [-0.4, -0.2) is 18.2 Å². The summed E-state index contributed by atoms with van der Waals surface area (Å²) in [5, 5.41) is 0. The lowest BCUT2D eigenvalue weighted by Crippen LogP contribution is -2.31. The molecule has 1 aliphatic carbocycles. The monoisotopic (exact) mass is 514 g/mol. The first kappa shape index (κ1) is 26.6. The van der Waals surface area contributed by atoms with E-state index in [9.17, 15) is 0 Å². The van der Waals surface area contributed by atoms with Crippen molar-refractivity contribution in [3.05, 3.63) is 87.1 Å². The van der Waals surface area contributed by atoms with Crippen molar-refractivity contribution < 1.29 is 0 Å². The molecule has 0 amide bonds. The molecule has 0 atom stereocenters. The smallest absolute Gasteiger partial charge is 0.0899 e. The first-order valence-corrected chi connectivity index (χ1v) is 14.6. The van der Waals surface area contributed by atoms with Crippen molar-refractivity contribution in [3.63, 3.8) is 0 Å². The predicted octanol–water partition coefficient (Wildman–Crippen LogP) is 9.63. The van der Waals surface area contributed by atoms with Crippen LogP contribution in [0, 0.1) is 10.8 Å². The van der Waals surface area contributed by atoms with E-state index in [0.717, 1.165) is 40.4 Å². The van der Waals surface area contributed by atoms with Crippen molar-refractivity contribution in [3.8, 4) is 0 Å². The molecule has 4 heteroatoms. The Morgan fingerprint density at radius 2 is 1.81 bits per heavy atom. The second kappa shape index (κ2) is 11.3. The third-order valence-electron chi connectivity index (χ3n) is 7.42. The van der Waals surface area contributed by atoms with Gasteiger partial charge < -0.3 is 0 Å². The van der Waals surface area contributed by atoms with E-state index < -0.39 is 0 Å². The van der Waals surface area contributed by atoms with Crippen LogP contribution in [0.1, 0.15) is 73.9 Å². The first-order valence-electron chi connectivity index (χ1n) is 12.8. The van der Waals surface area contributed by atoms with Crippen molar-refractivity contribution in [2.45, 2.75) is 65.3 Å². The largest absolute Gasteiger partial charge is 0.278 e. The Hall–Kier alpha value is -2.43. The molecule has 36 heavy (non-hydrogen) atoms. The van der Waals surface area contributed by atoms with Gasteiger partial charge in [-0.3, -0.25) is 9.98 Å². The van der Waals surface area contributed by atoms with Gasteiger partial charge in [-0.25, -0.2) is 0 Å². The average molecular weight is 515 g/mol. The lowest BCUT2D eigenvalue weighted by atomic mass is 9.71. The van der Waals surface area contributed by atoms with Crippen molar-refractivity contribution in [1.82, 2.24) is 0 Å². The van der Waals surface area contributed by atoms with Crippen LogP contribution in [0.2, 0.25) is 0 Å². The van der Waals surface area contributed by atoms with E-state index in [4.69, 9.17) is 4.99 Å². The van der Waals surface area contributed by atoms with E-state index in [1.807, 2.05) is 23.1 Å². The van der Waals surface area contributed by atoms with Crippen LogP contribution >= 0.6 is 23.1 Å². The fourth-order valence-electron chi connectivity index (χ4n) is 4.01. The van der Waals surface area contributed by atoms with Crippen LogP contribution in [-0.2, 0) is 13.0 Å². The lowest BCUT2D eigenvalue weighted by molar-refractivity contribution is 0.162. The van der Waals surface area contributed by atoms with Crippen molar-refractivity contribution >= 4 is 47.3 Å². The number of aliphatic imine (C=N–C) groups is 2. The minimum absolute atomic E-state index is 0.242. The summed E-state index contributed by atoms with van der Waals surface area (Å²) in [5.74, 6) is 1.08. The molecule has 0 N–H and O–H groups in total. The summed E-state index contributed by atoms with van der Waals surface area (Å²) in [6.07, 6.45) is 7.87. The zero-order valence-corrected chi connectivity index (χ0v) is 23.9. The van der Waals surface area contributed by atoms with Crippen LogP contribution in [0.25, 0.3) is 6.08 Å². The van der Waals surface area contributed by atoms with E-state index in [0.29, 0.717) is 6.54 Å². The number of nitrogens with zero attached hydrogens (tertiary/aromatic N) is 2. The molecule has 188 valence electrons. The quantitative estimate of drug-likeness (QED) is 0.217. The highest BCUT2D eigenvalue weighted by molar-refractivity contribution is 7.99. The van der Waals surface area contributed by atoms with Crippen LogP contribution in [0.3, 0.4) is 0 Å². The zero-order valence-electron chi connectivity index (χ0n) is 22.3. The second-order valence-corrected chi connectivity index (χ2v) is 13.3. The molecule has 1 heterocycles. The number of thiophene rings is 1. The minimum Gasteiger partial charge on any atom is -0.278 e. The number of fused-ring (bicyclic) bond motifs is 1. The normalized spacial score (nSPS) is 14.4. The SMILES string of the molecule is C=Nc1c(C(=NCc2cccc(SCC(C)(C)C(C)(C)C)c2)c2ccccc2)sc2c1C=CCCC2. The Labute approximate surface area is 225 Å². The van der Waals surface area contributed by atoms with E-state index >= 15 is 0 Å². The summed E-state index contributed by atoms with van der Waals surface area (Å²) in [6.45, 7) is 16.3. The Morgan fingerprint density at radius 1 is 1.03 bits per heavy atom. The fourth-order valence-corrected chi connectivity index (χ4v) is 6.70. The zero-order chi connectivity index (χ0) is 25.8. The maximum Gasteiger partial charge on any atom is 0.0899 e. The number of hydrogen-bond donors (Lipinski definition) is 0. The maximum atomic E-state index is 5.21. The molecule has 0 radical (unpaired) electrons. The Kier molecular flexibility index (Phi) is 8.37. The molecular formula is C32H38N2S2. The number of thioether (sulfide) groups is 1. The molecule has 0 bridgehead atoms. The summed E-state index contributed by atoms with van der Waals surface area (Å²) in [4.78, 5) is 13.5. The summed E-state index contributed by atoms with van der Waals surface area (Å²) in [7, 11) is 0. The van der Waals surface area contributed by atoms with Crippen molar-refractivity contribution in [1.29, 1.82) is 0 Å². The molecule has 4 rings (SSSR count). The molecule has 1 aromatic heterocycles. The van der Waals surface area contributed by atoms with Gasteiger partial charge in [-0.2, -0.15) is 0 Å². The fraction of sp³-hybridized carbons (Fsp3) is 0.375. The Morgan fingerprint density at radius 3 is 2.53 bits per heavy atom. The number of aryl methyl sites for hydroxylation is 1. The molecule has 2 aromatic carbocycles. The first-order chi connectivity index (χ1) is 17.2. The molecule has 0 spiro atoms. The minimum atomic E-state index is 0.242. The summed E-state index contributed by atoms with van der Waals surface area (Å²) < 4.78 is 0. The predicted molar refractivity (Wildman–Crippen MR) is 162 cm³/mol. The Bertz CT molecular complexity index is 1260. The highest BCUT2D eigenvalue weighted by Crippen LogP contribution is 2.42. The van der Waals surface area contributed by atoms with Crippen molar-refractivity contribution in [2.24, 2.45) is 20.8 Å². The number of rotatable bonds is 8. The number of hydrogen-bond acceptors (Lipinski definition) is 4. The highest BCUT2D eigenvalue weighted by atomic mass is 32.2. The molecule has 0 unspecified atom stereocenters.